The van der Waals surface area contributed by atoms with Gasteiger partial charge < -0.3 is 19.5 Å². The number of nitrogens with one attached hydrogen (secondary N) is 1. The summed E-state index contributed by atoms with van der Waals surface area (Å²) >= 11 is 3.39. The molecule has 0 aromatic heterocycles. The second kappa shape index (κ2) is 8.59. The highest BCUT2D eigenvalue weighted by Crippen LogP contribution is 2.36. The summed E-state index contributed by atoms with van der Waals surface area (Å²) in [5.41, 5.74) is 1.05. The van der Waals surface area contributed by atoms with Crippen molar-refractivity contribution >= 4 is 27.5 Å². The fraction of sp³-hybridized carbons (Fsp3) is 0.278. The lowest BCUT2D eigenvalue weighted by molar-refractivity contribution is 0.102. The predicted octanol–water partition coefficient (Wildman–Crippen LogP) is 4.51. The number of methoxy groups -OCH3 is 2. The predicted molar refractivity (Wildman–Crippen MR) is 97.4 cm³/mol. The number of benzene rings is 2. The molecule has 0 unspecified atom stereocenters. The van der Waals surface area contributed by atoms with E-state index in [0.717, 1.165) is 6.42 Å². The minimum absolute atomic E-state index is 0.272. The Morgan fingerprint density at radius 3 is 2.29 bits per heavy atom. The number of ether oxygens (including phenoxy) is 3. The molecule has 0 radical (unpaired) electrons. The van der Waals surface area contributed by atoms with E-state index in [1.165, 1.54) is 14.2 Å². The topological polar surface area (TPSA) is 56.8 Å². The normalized spacial score (nSPS) is 10.2. The van der Waals surface area contributed by atoms with Gasteiger partial charge in [0.25, 0.3) is 5.91 Å². The molecular weight excluding hydrogens is 374 g/mol. The number of halogens is 1. The van der Waals surface area contributed by atoms with E-state index in [0.29, 0.717) is 39.6 Å². The van der Waals surface area contributed by atoms with Crippen molar-refractivity contribution in [2.45, 2.75) is 13.3 Å². The summed E-state index contributed by atoms with van der Waals surface area (Å²) in [6, 6.07) is 10.6. The summed E-state index contributed by atoms with van der Waals surface area (Å²) in [6.45, 7) is 2.62. The van der Waals surface area contributed by atoms with E-state index in [1.54, 1.807) is 18.2 Å². The number of para-hydroxylation sites is 2. The van der Waals surface area contributed by atoms with Gasteiger partial charge in [-0.2, -0.15) is 0 Å². The van der Waals surface area contributed by atoms with Crippen molar-refractivity contribution in [2.24, 2.45) is 0 Å². The summed E-state index contributed by atoms with van der Waals surface area (Å²) in [5.74, 6) is 1.42. The number of carbonyl (C=O) groups is 1. The molecule has 1 amide bonds. The Morgan fingerprint density at radius 2 is 1.71 bits per heavy atom. The molecule has 0 saturated heterocycles. The van der Waals surface area contributed by atoms with Gasteiger partial charge in [0.2, 0.25) is 0 Å². The first-order valence-electron chi connectivity index (χ1n) is 7.55. The molecule has 128 valence electrons. The molecule has 0 aliphatic carbocycles. The van der Waals surface area contributed by atoms with Crippen LogP contribution in [0.1, 0.15) is 23.7 Å². The van der Waals surface area contributed by atoms with Crippen LogP contribution in [0, 0.1) is 0 Å². The molecule has 5 nitrogen and oxygen atoms in total. The van der Waals surface area contributed by atoms with Gasteiger partial charge in [-0.1, -0.05) is 19.1 Å². The van der Waals surface area contributed by atoms with E-state index >= 15 is 0 Å². The standard InChI is InChI=1S/C18H20BrNO4/c1-4-9-24-14-8-6-5-7-13(14)20-18(21)12-10-15(22-2)17(19)16(11-12)23-3/h5-8,10-11H,4,9H2,1-3H3,(H,20,21). The third kappa shape index (κ3) is 4.20. The second-order valence-electron chi connectivity index (χ2n) is 4.99. The van der Waals surface area contributed by atoms with Crippen LogP contribution in [0.5, 0.6) is 17.2 Å². The number of anilines is 1. The van der Waals surface area contributed by atoms with Crippen LogP contribution in [0.25, 0.3) is 0 Å². The lowest BCUT2D eigenvalue weighted by atomic mass is 10.1. The van der Waals surface area contributed by atoms with Crippen LogP contribution in [-0.2, 0) is 0 Å². The van der Waals surface area contributed by atoms with Crippen LogP contribution < -0.4 is 19.5 Å². The summed E-state index contributed by atoms with van der Waals surface area (Å²) in [4.78, 5) is 12.6. The van der Waals surface area contributed by atoms with Crippen LogP contribution in [0.3, 0.4) is 0 Å². The maximum Gasteiger partial charge on any atom is 0.256 e. The Hall–Kier alpha value is -2.21. The largest absolute Gasteiger partial charge is 0.495 e. The highest BCUT2D eigenvalue weighted by atomic mass is 79.9. The first-order chi connectivity index (χ1) is 11.6. The third-order valence-electron chi connectivity index (χ3n) is 3.30. The van der Waals surface area contributed by atoms with Crippen molar-refractivity contribution in [3.8, 4) is 17.2 Å². The first kappa shape index (κ1) is 18.1. The van der Waals surface area contributed by atoms with Crippen LogP contribution in [0.2, 0.25) is 0 Å². The molecule has 6 heteroatoms. The van der Waals surface area contributed by atoms with Gasteiger partial charge in [-0.25, -0.2) is 0 Å². The minimum Gasteiger partial charge on any atom is -0.495 e. The molecule has 0 atom stereocenters. The Kier molecular flexibility index (Phi) is 6.49. The average molecular weight is 394 g/mol. The zero-order chi connectivity index (χ0) is 17.5. The van der Waals surface area contributed by atoms with Crippen molar-refractivity contribution < 1.29 is 19.0 Å². The van der Waals surface area contributed by atoms with Gasteiger partial charge in [0.1, 0.15) is 21.7 Å². The average Bonchev–Trinajstić information content (AvgIpc) is 2.61. The van der Waals surface area contributed by atoms with E-state index in [9.17, 15) is 4.79 Å². The number of carbonyl (C=O) groups excluding carboxylic acids is 1. The van der Waals surface area contributed by atoms with Gasteiger partial charge in [-0.05, 0) is 46.6 Å². The number of rotatable bonds is 7. The van der Waals surface area contributed by atoms with Gasteiger partial charge >= 0.3 is 0 Å². The SMILES string of the molecule is CCCOc1ccccc1NC(=O)c1cc(OC)c(Br)c(OC)c1. The summed E-state index contributed by atoms with van der Waals surface area (Å²) < 4.78 is 16.9. The minimum atomic E-state index is -0.272. The molecule has 0 heterocycles. The molecule has 0 fully saturated rings. The molecule has 0 bridgehead atoms. The van der Waals surface area contributed by atoms with Crippen molar-refractivity contribution in [2.75, 3.05) is 26.1 Å². The molecule has 2 rings (SSSR count). The Morgan fingerprint density at radius 1 is 1.08 bits per heavy atom. The Balaban J connectivity index is 2.27. The quantitative estimate of drug-likeness (QED) is 0.751. The van der Waals surface area contributed by atoms with Crippen molar-refractivity contribution in [1.82, 2.24) is 0 Å². The maximum absolute atomic E-state index is 12.6. The Bertz CT molecular complexity index is 693. The molecule has 0 saturated carbocycles. The summed E-state index contributed by atoms with van der Waals surface area (Å²) in [7, 11) is 3.07. The summed E-state index contributed by atoms with van der Waals surface area (Å²) in [5, 5.41) is 2.87. The van der Waals surface area contributed by atoms with Crippen LogP contribution >= 0.6 is 15.9 Å². The lowest BCUT2D eigenvalue weighted by Crippen LogP contribution is -2.13. The molecular formula is C18H20BrNO4. The second-order valence-corrected chi connectivity index (χ2v) is 5.79. The van der Waals surface area contributed by atoms with E-state index in [1.807, 2.05) is 25.1 Å². The van der Waals surface area contributed by atoms with E-state index in [-0.39, 0.29) is 5.91 Å². The molecule has 2 aromatic carbocycles. The van der Waals surface area contributed by atoms with Crippen molar-refractivity contribution in [3.63, 3.8) is 0 Å². The fourth-order valence-electron chi connectivity index (χ4n) is 2.10. The maximum atomic E-state index is 12.6. The molecule has 0 aliphatic heterocycles. The van der Waals surface area contributed by atoms with Gasteiger partial charge in [-0.15, -0.1) is 0 Å². The fourth-order valence-corrected chi connectivity index (χ4v) is 2.66. The Labute approximate surface area is 150 Å². The van der Waals surface area contributed by atoms with E-state index in [2.05, 4.69) is 21.2 Å². The monoisotopic (exact) mass is 393 g/mol. The molecule has 2 aromatic rings. The molecule has 0 aliphatic rings. The summed E-state index contributed by atoms with van der Waals surface area (Å²) in [6.07, 6.45) is 0.892. The lowest BCUT2D eigenvalue weighted by Gasteiger charge is -2.14. The van der Waals surface area contributed by atoms with Crippen LogP contribution in [0.15, 0.2) is 40.9 Å². The van der Waals surface area contributed by atoms with Gasteiger partial charge in [0.05, 0.1) is 26.5 Å². The molecule has 24 heavy (non-hydrogen) atoms. The van der Waals surface area contributed by atoms with Crippen molar-refractivity contribution in [3.05, 3.63) is 46.4 Å². The number of hydrogen-bond donors (Lipinski definition) is 1. The number of amides is 1. The van der Waals surface area contributed by atoms with Gasteiger partial charge in [-0.3, -0.25) is 4.79 Å². The first-order valence-corrected chi connectivity index (χ1v) is 8.34. The highest BCUT2D eigenvalue weighted by Gasteiger charge is 2.16. The van der Waals surface area contributed by atoms with Crippen LogP contribution in [-0.4, -0.2) is 26.7 Å². The zero-order valence-electron chi connectivity index (χ0n) is 13.9. The third-order valence-corrected chi connectivity index (χ3v) is 4.09. The van der Waals surface area contributed by atoms with E-state index < -0.39 is 0 Å². The highest BCUT2D eigenvalue weighted by molar-refractivity contribution is 9.10. The van der Waals surface area contributed by atoms with Gasteiger partial charge in [0, 0.05) is 5.56 Å². The van der Waals surface area contributed by atoms with Gasteiger partial charge in [0.15, 0.2) is 0 Å². The van der Waals surface area contributed by atoms with Crippen LogP contribution in [0.4, 0.5) is 5.69 Å². The van der Waals surface area contributed by atoms with Crippen molar-refractivity contribution in [1.29, 1.82) is 0 Å². The number of hydrogen-bond acceptors (Lipinski definition) is 4. The van der Waals surface area contributed by atoms with E-state index in [4.69, 9.17) is 14.2 Å². The molecule has 0 spiro atoms. The zero-order valence-corrected chi connectivity index (χ0v) is 15.5. The smallest absolute Gasteiger partial charge is 0.256 e. The molecule has 1 N–H and O–H groups in total.